The SMILES string of the molecule is C[C@@H](NP(=O)(OC[C@H]1O[C@@H](n2ccc(=O)[nH]c2=O)[C@](C)(F)[C@@H]1O)Oc1ccccc1)C(=O)OCc1ccccc1. The van der Waals surface area contributed by atoms with Crippen LogP contribution in [0.25, 0.3) is 0 Å². The highest BCUT2D eigenvalue weighted by Crippen LogP contribution is 2.47. The third kappa shape index (κ3) is 6.93. The normalized spacial score (nSPS) is 24.6. The molecule has 40 heavy (non-hydrogen) atoms. The van der Waals surface area contributed by atoms with Crippen molar-refractivity contribution < 1.29 is 37.4 Å². The first-order valence-corrected chi connectivity index (χ1v) is 13.8. The van der Waals surface area contributed by atoms with E-state index in [4.69, 9.17) is 18.5 Å². The minimum absolute atomic E-state index is 0.0148. The molecule has 1 aromatic heterocycles. The third-order valence-corrected chi connectivity index (χ3v) is 7.77. The number of aliphatic hydroxyl groups excluding tert-OH is 1. The average Bonchev–Trinajstić information content (AvgIpc) is 3.15. The molecule has 1 unspecified atom stereocenters. The van der Waals surface area contributed by atoms with Crippen LogP contribution in [0.5, 0.6) is 5.75 Å². The van der Waals surface area contributed by atoms with Crippen LogP contribution in [0.2, 0.25) is 0 Å². The number of nitrogens with zero attached hydrogens (tertiary/aromatic N) is 1. The second-order valence-corrected chi connectivity index (χ2v) is 11.0. The molecule has 1 saturated heterocycles. The third-order valence-electron chi connectivity index (χ3n) is 6.13. The number of nitrogens with one attached hydrogen (secondary N) is 2. The fraction of sp³-hybridized carbons (Fsp3) is 0.346. The van der Waals surface area contributed by atoms with Crippen molar-refractivity contribution >= 4 is 13.7 Å². The van der Waals surface area contributed by atoms with Crippen molar-refractivity contribution in [3.63, 3.8) is 0 Å². The summed E-state index contributed by atoms with van der Waals surface area (Å²) < 4.78 is 52.0. The molecule has 4 rings (SSSR count). The lowest BCUT2D eigenvalue weighted by Crippen LogP contribution is -2.43. The topological polar surface area (TPSA) is 158 Å². The quantitative estimate of drug-likeness (QED) is 0.228. The maximum absolute atomic E-state index is 15.5. The Bertz CT molecular complexity index is 1470. The van der Waals surface area contributed by atoms with Crippen molar-refractivity contribution in [1.82, 2.24) is 14.6 Å². The summed E-state index contributed by atoms with van der Waals surface area (Å²) in [5, 5.41) is 13.1. The second kappa shape index (κ2) is 12.3. The summed E-state index contributed by atoms with van der Waals surface area (Å²) in [6.45, 7) is 1.75. The number of esters is 1. The number of ether oxygens (including phenoxy) is 2. The standard InChI is InChI=1S/C26H29FN3O9P/c1-17(23(33)36-15-18-9-5-3-6-10-18)29-40(35,39-19-11-7-4-8-12-19)37-16-20-22(32)26(2,27)24(38-20)30-14-13-21(31)28-25(30)34/h3-14,17,20,22,24,32H,15-16H2,1-2H3,(H,29,35)(H,28,31,34)/t17-,20-,22-,24-,26-,40?/m1/s1. The molecule has 0 radical (unpaired) electrons. The lowest BCUT2D eigenvalue weighted by molar-refractivity contribution is -0.146. The van der Waals surface area contributed by atoms with Gasteiger partial charge < -0.3 is 19.1 Å². The fourth-order valence-corrected chi connectivity index (χ4v) is 5.49. The van der Waals surface area contributed by atoms with Crippen LogP contribution in [0.3, 0.4) is 0 Å². The van der Waals surface area contributed by atoms with Gasteiger partial charge in [0.15, 0.2) is 11.9 Å². The average molecular weight is 578 g/mol. The van der Waals surface area contributed by atoms with Gasteiger partial charge in [0.25, 0.3) is 5.56 Å². The highest BCUT2D eigenvalue weighted by Gasteiger charge is 2.55. The van der Waals surface area contributed by atoms with E-state index in [-0.39, 0.29) is 12.4 Å². The summed E-state index contributed by atoms with van der Waals surface area (Å²) >= 11 is 0. The first-order valence-electron chi connectivity index (χ1n) is 12.3. The highest BCUT2D eigenvalue weighted by molar-refractivity contribution is 7.52. The molecule has 3 N–H and O–H groups in total. The molecular formula is C26H29FN3O9P. The van der Waals surface area contributed by atoms with E-state index in [1.807, 2.05) is 11.1 Å². The smallest absolute Gasteiger partial charge is 0.459 e. The molecule has 1 fully saturated rings. The molecule has 14 heteroatoms. The number of hydrogen-bond donors (Lipinski definition) is 3. The van der Waals surface area contributed by atoms with Gasteiger partial charge in [0.2, 0.25) is 0 Å². The molecule has 0 spiro atoms. The van der Waals surface area contributed by atoms with E-state index in [0.29, 0.717) is 0 Å². The van der Waals surface area contributed by atoms with Crippen LogP contribution in [0, 0.1) is 0 Å². The van der Waals surface area contributed by atoms with Crippen LogP contribution in [0.15, 0.2) is 82.5 Å². The number of benzene rings is 2. The molecule has 0 saturated carbocycles. The summed E-state index contributed by atoms with van der Waals surface area (Å²) in [5.74, 6) is -0.598. The van der Waals surface area contributed by atoms with Gasteiger partial charge in [-0.2, -0.15) is 5.09 Å². The number of halogens is 1. The van der Waals surface area contributed by atoms with E-state index in [1.165, 1.54) is 19.1 Å². The second-order valence-electron chi connectivity index (χ2n) is 9.28. The zero-order chi connectivity index (χ0) is 28.9. The number of aromatic amines is 1. The monoisotopic (exact) mass is 577 g/mol. The number of alkyl halides is 1. The van der Waals surface area contributed by atoms with Gasteiger partial charge in [-0.05, 0) is 31.5 Å². The number of aliphatic hydroxyl groups is 1. The van der Waals surface area contributed by atoms with Gasteiger partial charge in [-0.25, -0.2) is 13.8 Å². The molecule has 2 heterocycles. The van der Waals surface area contributed by atoms with Crippen LogP contribution < -0.4 is 20.9 Å². The predicted octanol–water partition coefficient (Wildman–Crippen LogP) is 2.45. The lowest BCUT2D eigenvalue weighted by atomic mass is 9.98. The largest absolute Gasteiger partial charge is 0.460 e. The molecule has 12 nitrogen and oxygen atoms in total. The molecule has 0 amide bonds. The maximum atomic E-state index is 15.5. The number of carbonyl (C=O) groups excluding carboxylic acids is 1. The van der Waals surface area contributed by atoms with Crippen LogP contribution in [0.4, 0.5) is 4.39 Å². The molecule has 214 valence electrons. The molecule has 0 aliphatic carbocycles. The number of H-pyrrole nitrogens is 1. The van der Waals surface area contributed by atoms with Gasteiger partial charge in [0.05, 0.1) is 6.61 Å². The number of carbonyl (C=O) groups is 1. The number of para-hydroxylation sites is 1. The molecule has 2 aromatic carbocycles. The van der Waals surface area contributed by atoms with Crippen LogP contribution in [0.1, 0.15) is 25.6 Å². The van der Waals surface area contributed by atoms with Crippen LogP contribution in [-0.4, -0.2) is 51.2 Å². The highest BCUT2D eigenvalue weighted by atomic mass is 31.2. The van der Waals surface area contributed by atoms with Crippen LogP contribution in [-0.2, 0) is 30.0 Å². The van der Waals surface area contributed by atoms with E-state index >= 15 is 4.39 Å². The van der Waals surface area contributed by atoms with Crippen molar-refractivity contribution in [2.75, 3.05) is 6.61 Å². The Hall–Kier alpha value is -3.61. The van der Waals surface area contributed by atoms with Gasteiger partial charge in [-0.1, -0.05) is 48.5 Å². The predicted molar refractivity (Wildman–Crippen MR) is 140 cm³/mol. The van der Waals surface area contributed by atoms with Crippen molar-refractivity contribution in [3.8, 4) is 5.75 Å². The maximum Gasteiger partial charge on any atom is 0.459 e. The lowest BCUT2D eigenvalue weighted by Gasteiger charge is -2.25. The Morgan fingerprint density at radius 1 is 1.18 bits per heavy atom. The zero-order valence-electron chi connectivity index (χ0n) is 21.6. The first kappa shape index (κ1) is 29.4. The van der Waals surface area contributed by atoms with Crippen molar-refractivity contribution in [1.29, 1.82) is 0 Å². The van der Waals surface area contributed by atoms with E-state index in [0.717, 1.165) is 29.3 Å². The van der Waals surface area contributed by atoms with E-state index in [2.05, 4.69) is 5.09 Å². The summed E-state index contributed by atoms with van der Waals surface area (Å²) in [4.78, 5) is 38.2. The van der Waals surface area contributed by atoms with Crippen molar-refractivity contribution in [2.24, 2.45) is 0 Å². The molecule has 1 aliphatic rings. The fourth-order valence-electron chi connectivity index (χ4n) is 3.99. The Labute approximate surface area is 228 Å². The first-order chi connectivity index (χ1) is 19.0. The minimum Gasteiger partial charge on any atom is -0.460 e. The van der Waals surface area contributed by atoms with Gasteiger partial charge in [0, 0.05) is 12.3 Å². The number of hydrogen-bond acceptors (Lipinski definition) is 9. The van der Waals surface area contributed by atoms with Crippen molar-refractivity contribution in [3.05, 3.63) is 99.3 Å². The Balaban J connectivity index is 1.48. The van der Waals surface area contributed by atoms with Gasteiger partial charge in [-0.15, -0.1) is 0 Å². The Morgan fingerprint density at radius 2 is 1.82 bits per heavy atom. The minimum atomic E-state index is -4.36. The molecular weight excluding hydrogens is 548 g/mol. The number of rotatable bonds is 11. The molecule has 0 bridgehead atoms. The van der Waals surface area contributed by atoms with Gasteiger partial charge in [-0.3, -0.25) is 23.7 Å². The van der Waals surface area contributed by atoms with Gasteiger partial charge in [0.1, 0.15) is 30.6 Å². The van der Waals surface area contributed by atoms with E-state index in [9.17, 15) is 24.1 Å². The summed E-state index contributed by atoms with van der Waals surface area (Å²) in [6.07, 6.45) is -3.83. The summed E-state index contributed by atoms with van der Waals surface area (Å²) in [6, 6.07) is 16.8. The van der Waals surface area contributed by atoms with Gasteiger partial charge >= 0.3 is 19.4 Å². The van der Waals surface area contributed by atoms with Crippen LogP contribution >= 0.6 is 7.75 Å². The molecule has 3 aromatic rings. The Morgan fingerprint density at radius 3 is 2.48 bits per heavy atom. The van der Waals surface area contributed by atoms with E-state index in [1.54, 1.807) is 42.5 Å². The molecule has 1 aliphatic heterocycles. The van der Waals surface area contributed by atoms with Crippen molar-refractivity contribution in [2.45, 2.75) is 50.6 Å². The van der Waals surface area contributed by atoms with E-state index < -0.39 is 61.7 Å². The number of aromatic nitrogens is 2. The summed E-state index contributed by atoms with van der Waals surface area (Å²) in [7, 11) is -4.36. The zero-order valence-corrected chi connectivity index (χ0v) is 22.5. The summed E-state index contributed by atoms with van der Waals surface area (Å²) in [5.41, 5.74) is -3.39. The molecule has 6 atom stereocenters. The Kier molecular flexibility index (Phi) is 9.02.